The van der Waals surface area contributed by atoms with Gasteiger partial charge in [-0.1, -0.05) is 42.0 Å². The average molecular weight is 657 g/mol. The van der Waals surface area contributed by atoms with Crippen LogP contribution in [0.15, 0.2) is 36.4 Å². The molecule has 5 aliphatic rings. The van der Waals surface area contributed by atoms with E-state index < -0.39 is 6.17 Å². The Hall–Kier alpha value is -3.73. The van der Waals surface area contributed by atoms with Crippen molar-refractivity contribution < 1.29 is 18.6 Å². The van der Waals surface area contributed by atoms with Gasteiger partial charge in [-0.15, -0.1) is 0 Å². The highest BCUT2D eigenvalue weighted by atomic mass is 35.5. The summed E-state index contributed by atoms with van der Waals surface area (Å²) in [6.07, 6.45) is 7.82. The van der Waals surface area contributed by atoms with E-state index in [0.29, 0.717) is 66.1 Å². The molecule has 9 rings (SSSR count). The summed E-state index contributed by atoms with van der Waals surface area (Å²) in [6, 6.07) is 10.9. The molecule has 0 amide bonds. The van der Waals surface area contributed by atoms with Crippen LogP contribution in [0.5, 0.6) is 17.6 Å². The van der Waals surface area contributed by atoms with Gasteiger partial charge in [0.05, 0.1) is 35.5 Å². The highest BCUT2D eigenvalue weighted by Gasteiger charge is 2.50. The third-order valence-electron chi connectivity index (χ3n) is 11.0. The largest absolute Gasteiger partial charge is 0.496 e. The van der Waals surface area contributed by atoms with Gasteiger partial charge in [-0.2, -0.15) is 9.97 Å². The van der Waals surface area contributed by atoms with Gasteiger partial charge in [0.15, 0.2) is 0 Å². The number of benzene rings is 2. The topological polar surface area (TPSA) is 84.9 Å². The lowest BCUT2D eigenvalue weighted by atomic mass is 9.95. The molecule has 1 N–H and O–H groups in total. The Kier molecular flexibility index (Phi) is 6.99. The number of aromatic nitrogens is 3. The number of hydrogen-bond donors (Lipinski definition) is 1. The summed E-state index contributed by atoms with van der Waals surface area (Å²) >= 11 is 6.90. The van der Waals surface area contributed by atoms with Crippen molar-refractivity contribution in [1.29, 1.82) is 0 Å². The molecule has 3 unspecified atom stereocenters. The van der Waals surface area contributed by atoms with Crippen LogP contribution in [-0.4, -0.2) is 89.6 Å². The number of ether oxygens (including phenoxy) is 3. The third-order valence-corrected chi connectivity index (χ3v) is 11.3. The fourth-order valence-corrected chi connectivity index (χ4v) is 9.19. The summed E-state index contributed by atoms with van der Waals surface area (Å²) in [6.45, 7) is 4.97. The number of nitrogens with one attached hydrogen (secondary N) is 1. The van der Waals surface area contributed by atoms with Crippen molar-refractivity contribution in [2.45, 2.75) is 68.9 Å². The molecule has 4 fully saturated rings. The first-order valence-electron chi connectivity index (χ1n) is 16.8. The first-order chi connectivity index (χ1) is 23.0. The zero-order valence-electron chi connectivity index (χ0n) is 26.6. The van der Waals surface area contributed by atoms with Crippen LogP contribution in [-0.2, 0) is 0 Å². The van der Waals surface area contributed by atoms with Crippen LogP contribution in [0.3, 0.4) is 0 Å². The third kappa shape index (κ3) is 4.59. The molecule has 47 heavy (non-hydrogen) atoms. The predicted molar refractivity (Wildman–Crippen MR) is 182 cm³/mol. The Morgan fingerprint density at radius 1 is 1.15 bits per heavy atom. The summed E-state index contributed by atoms with van der Waals surface area (Å²) in [5.74, 6) is 1.91. The summed E-state index contributed by atoms with van der Waals surface area (Å²) in [5.41, 5.74) is 2.61. The number of allylic oxidation sites excluding steroid dienone is 1. The van der Waals surface area contributed by atoms with Crippen molar-refractivity contribution in [3.05, 3.63) is 47.0 Å². The molecule has 7 heterocycles. The van der Waals surface area contributed by atoms with Crippen LogP contribution in [0, 0.1) is 0 Å². The van der Waals surface area contributed by atoms with Crippen LogP contribution in [0.4, 0.5) is 10.2 Å². The predicted octanol–water partition coefficient (Wildman–Crippen LogP) is 6.20. The molecular weight excluding hydrogens is 619 g/mol. The Morgan fingerprint density at radius 3 is 2.94 bits per heavy atom. The van der Waals surface area contributed by atoms with E-state index in [9.17, 15) is 4.39 Å². The summed E-state index contributed by atoms with van der Waals surface area (Å²) in [4.78, 5) is 20.2. The second-order valence-electron chi connectivity index (χ2n) is 13.7. The van der Waals surface area contributed by atoms with Crippen LogP contribution >= 0.6 is 11.6 Å². The number of halogens is 2. The molecule has 2 aromatic carbocycles. The number of hydrogen-bond acceptors (Lipinski definition) is 9. The Balaban J connectivity index is 1.28. The van der Waals surface area contributed by atoms with E-state index in [4.69, 9.17) is 40.8 Å². The van der Waals surface area contributed by atoms with Crippen molar-refractivity contribution in [2.75, 3.05) is 44.9 Å². The van der Waals surface area contributed by atoms with Crippen molar-refractivity contribution in [3.8, 4) is 28.9 Å². The Labute approximate surface area is 278 Å². The SMILES string of the molecule is C/C=C/c1c(-c2c(OC)ccc3cccc(Cl)c23)nc2c3c(nc(OC[C@@]45CCCN4C[C@H](F)C5)nc13)N1CC3CCC(N3)C1CO2. The Morgan fingerprint density at radius 2 is 2.06 bits per heavy atom. The molecule has 0 aliphatic carbocycles. The van der Waals surface area contributed by atoms with Crippen LogP contribution < -0.4 is 24.4 Å². The molecule has 244 valence electrons. The van der Waals surface area contributed by atoms with Crippen LogP contribution in [0.25, 0.3) is 39.0 Å². The molecule has 4 saturated heterocycles. The monoisotopic (exact) mass is 656 g/mol. The molecular formula is C36H38ClFN6O3. The molecule has 0 radical (unpaired) electrons. The lowest BCUT2D eigenvalue weighted by Crippen LogP contribution is -2.60. The van der Waals surface area contributed by atoms with Gasteiger partial charge in [0.2, 0.25) is 5.88 Å². The van der Waals surface area contributed by atoms with Gasteiger partial charge in [0.25, 0.3) is 0 Å². The highest BCUT2D eigenvalue weighted by molar-refractivity contribution is 6.37. The Bertz CT molecular complexity index is 1940. The van der Waals surface area contributed by atoms with E-state index >= 15 is 0 Å². The zero-order valence-corrected chi connectivity index (χ0v) is 27.4. The van der Waals surface area contributed by atoms with Gasteiger partial charge >= 0.3 is 6.01 Å². The van der Waals surface area contributed by atoms with Gasteiger partial charge in [-0.05, 0) is 56.7 Å². The summed E-state index contributed by atoms with van der Waals surface area (Å²) in [7, 11) is 1.66. The van der Waals surface area contributed by atoms with E-state index in [1.54, 1.807) is 7.11 Å². The maximum atomic E-state index is 14.7. The summed E-state index contributed by atoms with van der Waals surface area (Å²) < 4.78 is 33.8. The van der Waals surface area contributed by atoms with Gasteiger partial charge in [0.1, 0.15) is 36.3 Å². The lowest BCUT2D eigenvalue weighted by molar-refractivity contribution is 0.107. The molecule has 4 aromatic rings. The molecule has 2 aromatic heterocycles. The highest BCUT2D eigenvalue weighted by Crippen LogP contribution is 2.48. The minimum Gasteiger partial charge on any atom is -0.496 e. The standard InChI is InChI=1S/C36H38ClFN6O3/c1-3-6-23-31(29-27(45-2)12-9-20-7-4-8-24(37)28(20)29)40-34-30-32(23)41-35(47-19-36-13-5-14-43(36)16-21(38)15-36)42-33(30)44-17-22-10-11-25(39-22)26(44)18-46-34/h3-4,6-9,12,21-22,25-26,39H,5,10-11,13-19H2,1-2H3/b6-3+/t21-,22?,25?,26?,36+/m1/s1. The number of nitrogens with zero attached hydrogens (tertiary/aromatic N) is 5. The quantitative estimate of drug-likeness (QED) is 0.261. The normalized spacial score (nSPS) is 28.1. The van der Waals surface area contributed by atoms with E-state index in [0.717, 1.165) is 71.9 Å². The average Bonchev–Trinajstić information content (AvgIpc) is 3.71. The van der Waals surface area contributed by atoms with Crippen molar-refractivity contribution >= 4 is 45.2 Å². The lowest BCUT2D eigenvalue weighted by Gasteiger charge is -2.40. The fraction of sp³-hybridized carbons (Fsp3) is 0.472. The maximum Gasteiger partial charge on any atom is 0.319 e. The molecule has 5 atom stereocenters. The number of anilines is 1. The van der Waals surface area contributed by atoms with Gasteiger partial charge in [-0.3, -0.25) is 4.90 Å². The number of methoxy groups -OCH3 is 1. The van der Waals surface area contributed by atoms with E-state index in [1.807, 2.05) is 49.4 Å². The first kappa shape index (κ1) is 29.4. The fourth-order valence-electron chi connectivity index (χ4n) is 8.91. The van der Waals surface area contributed by atoms with Gasteiger partial charge < -0.3 is 24.4 Å². The van der Waals surface area contributed by atoms with Gasteiger partial charge in [0, 0.05) is 47.6 Å². The smallest absolute Gasteiger partial charge is 0.319 e. The number of rotatable bonds is 6. The van der Waals surface area contributed by atoms with Crippen molar-refractivity contribution in [1.82, 2.24) is 25.2 Å². The molecule has 0 spiro atoms. The minimum atomic E-state index is -0.838. The molecule has 5 aliphatic heterocycles. The van der Waals surface area contributed by atoms with Crippen molar-refractivity contribution in [3.63, 3.8) is 0 Å². The van der Waals surface area contributed by atoms with Gasteiger partial charge in [-0.25, -0.2) is 9.37 Å². The minimum absolute atomic E-state index is 0.0788. The second-order valence-corrected chi connectivity index (χ2v) is 14.1. The van der Waals surface area contributed by atoms with Crippen molar-refractivity contribution in [2.24, 2.45) is 0 Å². The second kappa shape index (κ2) is 11.2. The molecule has 2 bridgehead atoms. The number of fused-ring (bicyclic) bond motifs is 7. The molecule has 0 saturated carbocycles. The van der Waals surface area contributed by atoms with Crippen LogP contribution in [0.1, 0.15) is 44.6 Å². The number of piperazine rings is 1. The molecule has 11 heteroatoms. The maximum absolute atomic E-state index is 14.7. The number of pyridine rings is 1. The molecule has 9 nitrogen and oxygen atoms in total. The summed E-state index contributed by atoms with van der Waals surface area (Å²) in [5, 5.41) is 6.99. The van der Waals surface area contributed by atoms with E-state index in [-0.39, 0.29) is 17.6 Å². The zero-order chi connectivity index (χ0) is 31.9. The van der Waals surface area contributed by atoms with E-state index in [1.165, 1.54) is 0 Å². The number of alkyl halides is 1. The van der Waals surface area contributed by atoms with Crippen LogP contribution in [0.2, 0.25) is 5.02 Å². The van der Waals surface area contributed by atoms with E-state index in [2.05, 4.69) is 15.1 Å². The first-order valence-corrected chi connectivity index (χ1v) is 17.2.